The van der Waals surface area contributed by atoms with Crippen LogP contribution in [0.2, 0.25) is 0 Å². The maximum atomic E-state index is 5.80. The van der Waals surface area contributed by atoms with Crippen LogP contribution in [0.25, 0.3) is 0 Å². The summed E-state index contributed by atoms with van der Waals surface area (Å²) in [4.78, 5) is 0. The standard InChI is InChI=1S/C27H32O8/c1-28-19-10-9-16(11-22(19)31-4)27(17-12-23(32-5)25(34-7)14-20(17)29-2)18-13-24(33-6)26(35-8)15-21(18)30-3/h9-15,27H,1-8H3. The van der Waals surface area contributed by atoms with Crippen molar-refractivity contribution in [2.45, 2.75) is 5.92 Å². The molecule has 0 aliphatic rings. The van der Waals surface area contributed by atoms with Crippen LogP contribution in [0.3, 0.4) is 0 Å². The molecule has 3 aromatic rings. The Morgan fingerprint density at radius 3 is 1.09 bits per heavy atom. The van der Waals surface area contributed by atoms with Gasteiger partial charge in [0.15, 0.2) is 34.5 Å². The van der Waals surface area contributed by atoms with Crippen LogP contribution in [0.4, 0.5) is 0 Å². The van der Waals surface area contributed by atoms with Crippen molar-refractivity contribution in [2.75, 3.05) is 56.9 Å². The topological polar surface area (TPSA) is 73.8 Å². The molecule has 0 spiro atoms. The second-order valence-corrected chi connectivity index (χ2v) is 7.45. The lowest BCUT2D eigenvalue weighted by Gasteiger charge is -2.26. The molecule has 0 heterocycles. The summed E-state index contributed by atoms with van der Waals surface area (Å²) in [7, 11) is 12.8. The van der Waals surface area contributed by atoms with Crippen molar-refractivity contribution in [1.82, 2.24) is 0 Å². The summed E-state index contributed by atoms with van der Waals surface area (Å²) in [5, 5.41) is 0. The summed E-state index contributed by atoms with van der Waals surface area (Å²) in [6, 6.07) is 13.2. The van der Waals surface area contributed by atoms with Gasteiger partial charge < -0.3 is 37.9 Å². The Labute approximate surface area is 206 Å². The highest BCUT2D eigenvalue weighted by atomic mass is 16.5. The van der Waals surface area contributed by atoms with Crippen molar-refractivity contribution < 1.29 is 37.9 Å². The van der Waals surface area contributed by atoms with E-state index in [9.17, 15) is 0 Å². The quantitative estimate of drug-likeness (QED) is 0.355. The van der Waals surface area contributed by atoms with Gasteiger partial charge in [-0.3, -0.25) is 0 Å². The van der Waals surface area contributed by atoms with Gasteiger partial charge >= 0.3 is 0 Å². The molecule has 0 radical (unpaired) electrons. The van der Waals surface area contributed by atoms with Crippen molar-refractivity contribution in [2.24, 2.45) is 0 Å². The van der Waals surface area contributed by atoms with Crippen LogP contribution in [0.15, 0.2) is 42.5 Å². The van der Waals surface area contributed by atoms with E-state index in [-0.39, 0.29) is 5.92 Å². The summed E-state index contributed by atoms with van der Waals surface area (Å²) in [6.45, 7) is 0. The minimum absolute atomic E-state index is 0.376. The van der Waals surface area contributed by atoms with Gasteiger partial charge in [-0.2, -0.15) is 0 Å². The molecule has 0 saturated carbocycles. The molecule has 0 aliphatic heterocycles. The predicted molar refractivity (Wildman–Crippen MR) is 133 cm³/mol. The van der Waals surface area contributed by atoms with Crippen molar-refractivity contribution in [1.29, 1.82) is 0 Å². The number of methoxy groups -OCH3 is 8. The maximum Gasteiger partial charge on any atom is 0.164 e. The van der Waals surface area contributed by atoms with Crippen molar-refractivity contribution in [3.63, 3.8) is 0 Å². The number of benzene rings is 3. The number of hydrogen-bond donors (Lipinski definition) is 0. The molecule has 3 rings (SSSR count). The van der Waals surface area contributed by atoms with E-state index in [1.807, 2.05) is 30.3 Å². The van der Waals surface area contributed by atoms with Gasteiger partial charge in [0.05, 0.1) is 56.9 Å². The van der Waals surface area contributed by atoms with Crippen LogP contribution < -0.4 is 37.9 Å². The molecule has 0 N–H and O–H groups in total. The third-order valence-electron chi connectivity index (χ3n) is 5.83. The summed E-state index contributed by atoms with van der Waals surface area (Å²) >= 11 is 0. The monoisotopic (exact) mass is 484 g/mol. The van der Waals surface area contributed by atoms with Gasteiger partial charge in [-0.1, -0.05) is 6.07 Å². The van der Waals surface area contributed by atoms with Crippen LogP contribution in [0.1, 0.15) is 22.6 Å². The summed E-state index contributed by atoms with van der Waals surface area (Å²) < 4.78 is 44.9. The van der Waals surface area contributed by atoms with E-state index in [1.165, 1.54) is 0 Å². The molecular weight excluding hydrogens is 452 g/mol. The fourth-order valence-electron chi connectivity index (χ4n) is 4.12. The highest BCUT2D eigenvalue weighted by Crippen LogP contribution is 2.48. The molecular formula is C27H32O8. The SMILES string of the molecule is COc1ccc(C(c2cc(OC)c(OC)cc2OC)c2cc(OC)c(OC)cc2OC)cc1OC. The third kappa shape index (κ3) is 4.96. The van der Waals surface area contributed by atoms with Crippen LogP contribution in [0.5, 0.6) is 46.0 Å². The molecule has 8 heteroatoms. The van der Waals surface area contributed by atoms with Crippen molar-refractivity contribution >= 4 is 0 Å². The molecule has 188 valence electrons. The van der Waals surface area contributed by atoms with Gasteiger partial charge in [0.2, 0.25) is 0 Å². The summed E-state index contributed by atoms with van der Waals surface area (Å²) in [5.74, 6) is 4.29. The average Bonchev–Trinajstić information content (AvgIpc) is 2.92. The number of hydrogen-bond acceptors (Lipinski definition) is 8. The molecule has 0 unspecified atom stereocenters. The second kappa shape index (κ2) is 11.5. The fraction of sp³-hybridized carbons (Fsp3) is 0.333. The van der Waals surface area contributed by atoms with E-state index < -0.39 is 0 Å². The number of ether oxygens (including phenoxy) is 8. The lowest BCUT2D eigenvalue weighted by Crippen LogP contribution is -2.09. The Kier molecular flexibility index (Phi) is 8.41. The fourth-order valence-corrected chi connectivity index (χ4v) is 4.12. The molecule has 8 nitrogen and oxygen atoms in total. The van der Waals surface area contributed by atoms with Crippen LogP contribution in [-0.4, -0.2) is 56.9 Å². The Morgan fingerprint density at radius 1 is 0.371 bits per heavy atom. The maximum absolute atomic E-state index is 5.80. The van der Waals surface area contributed by atoms with Crippen LogP contribution in [0, 0.1) is 0 Å². The van der Waals surface area contributed by atoms with Gasteiger partial charge in [-0.25, -0.2) is 0 Å². The molecule has 0 aromatic heterocycles. The zero-order chi connectivity index (χ0) is 25.5. The first-order valence-electron chi connectivity index (χ1n) is 10.8. The summed E-state index contributed by atoms with van der Waals surface area (Å²) in [5.41, 5.74) is 2.55. The smallest absolute Gasteiger partial charge is 0.164 e. The highest BCUT2D eigenvalue weighted by molar-refractivity contribution is 5.62. The first-order chi connectivity index (χ1) is 17.0. The van der Waals surface area contributed by atoms with E-state index >= 15 is 0 Å². The van der Waals surface area contributed by atoms with Crippen molar-refractivity contribution in [3.8, 4) is 46.0 Å². The molecule has 0 atom stereocenters. The number of rotatable bonds is 11. The average molecular weight is 485 g/mol. The molecule has 0 amide bonds. The van der Waals surface area contributed by atoms with Crippen LogP contribution in [-0.2, 0) is 0 Å². The largest absolute Gasteiger partial charge is 0.496 e. The molecule has 3 aromatic carbocycles. The van der Waals surface area contributed by atoms with E-state index in [1.54, 1.807) is 69.0 Å². The van der Waals surface area contributed by atoms with E-state index in [0.29, 0.717) is 46.0 Å². The molecule has 0 fully saturated rings. The predicted octanol–water partition coefficient (Wildman–Crippen LogP) is 4.94. The van der Waals surface area contributed by atoms with Crippen molar-refractivity contribution in [3.05, 3.63) is 59.2 Å². The minimum atomic E-state index is -0.376. The van der Waals surface area contributed by atoms with Gasteiger partial charge in [-0.05, 0) is 29.8 Å². The second-order valence-electron chi connectivity index (χ2n) is 7.45. The normalized spacial score (nSPS) is 10.5. The molecule has 0 aliphatic carbocycles. The first-order valence-corrected chi connectivity index (χ1v) is 10.8. The Hall–Kier alpha value is -3.94. The van der Waals surface area contributed by atoms with Gasteiger partial charge in [0.1, 0.15) is 11.5 Å². The molecule has 0 saturated heterocycles. The van der Waals surface area contributed by atoms with Gasteiger partial charge in [-0.15, -0.1) is 0 Å². The Bertz CT molecular complexity index is 1090. The van der Waals surface area contributed by atoms with Gasteiger partial charge in [0.25, 0.3) is 0 Å². The highest BCUT2D eigenvalue weighted by Gasteiger charge is 2.28. The third-order valence-corrected chi connectivity index (χ3v) is 5.83. The Balaban J connectivity index is 2.41. The van der Waals surface area contributed by atoms with E-state index in [4.69, 9.17) is 37.9 Å². The minimum Gasteiger partial charge on any atom is -0.496 e. The zero-order valence-electron chi connectivity index (χ0n) is 21.4. The Morgan fingerprint density at radius 2 is 0.714 bits per heavy atom. The van der Waals surface area contributed by atoms with E-state index in [0.717, 1.165) is 16.7 Å². The molecule has 35 heavy (non-hydrogen) atoms. The zero-order valence-corrected chi connectivity index (χ0v) is 21.4. The van der Waals surface area contributed by atoms with Crippen LogP contribution >= 0.6 is 0 Å². The lowest BCUT2D eigenvalue weighted by atomic mass is 9.83. The van der Waals surface area contributed by atoms with E-state index in [2.05, 4.69) is 0 Å². The lowest BCUT2D eigenvalue weighted by molar-refractivity contribution is 0.345. The summed E-state index contributed by atoms with van der Waals surface area (Å²) in [6.07, 6.45) is 0. The molecule has 0 bridgehead atoms. The first kappa shape index (κ1) is 25.7. The van der Waals surface area contributed by atoms with Gasteiger partial charge in [0, 0.05) is 29.2 Å².